The molecule has 1 amide bonds. The number of carbonyl (C=O) groups is 1. The molecule has 0 spiro atoms. The van der Waals surface area contributed by atoms with Gasteiger partial charge in [-0.15, -0.1) is 0 Å². The first-order chi connectivity index (χ1) is 11.3. The highest BCUT2D eigenvalue weighted by atomic mass is 16.6. The minimum atomic E-state index is -0.573. The highest BCUT2D eigenvalue weighted by Crippen LogP contribution is 2.35. The number of nitrogens with one attached hydrogen (secondary N) is 1. The maximum absolute atomic E-state index is 12.8. The van der Waals surface area contributed by atoms with Crippen molar-refractivity contribution in [3.63, 3.8) is 0 Å². The van der Waals surface area contributed by atoms with E-state index < -0.39 is 17.7 Å². The maximum atomic E-state index is 12.8. The van der Waals surface area contributed by atoms with E-state index in [9.17, 15) is 9.59 Å². The molecule has 0 bridgehead atoms. The van der Waals surface area contributed by atoms with Crippen LogP contribution in [0.1, 0.15) is 58.4 Å². The molecule has 128 valence electrons. The standard InChI is InChI=1S/C18H23N3O3/c1-11(19-17(23)24-18(2,3)4)15-20-14-8-6-5-7-13(14)16(22)21(15)12-9-10-12/h5-8,11-12H,9-10H2,1-4H3,(H,19,23)/t11-/m0/s1. The summed E-state index contributed by atoms with van der Waals surface area (Å²) in [5, 5.41) is 3.39. The third-order valence-electron chi connectivity index (χ3n) is 3.87. The van der Waals surface area contributed by atoms with E-state index in [-0.39, 0.29) is 11.6 Å². The van der Waals surface area contributed by atoms with E-state index in [1.165, 1.54) is 0 Å². The van der Waals surface area contributed by atoms with Gasteiger partial charge in [0.25, 0.3) is 5.56 Å². The second-order valence-corrected chi connectivity index (χ2v) is 7.26. The van der Waals surface area contributed by atoms with Gasteiger partial charge in [-0.3, -0.25) is 9.36 Å². The van der Waals surface area contributed by atoms with Gasteiger partial charge in [-0.1, -0.05) is 12.1 Å². The molecular weight excluding hydrogens is 306 g/mol. The van der Waals surface area contributed by atoms with Gasteiger partial charge in [-0.25, -0.2) is 9.78 Å². The molecule has 0 saturated heterocycles. The second kappa shape index (κ2) is 5.92. The zero-order valence-corrected chi connectivity index (χ0v) is 14.5. The lowest BCUT2D eigenvalue weighted by atomic mass is 10.2. The summed E-state index contributed by atoms with van der Waals surface area (Å²) in [5.74, 6) is 0.576. The smallest absolute Gasteiger partial charge is 0.408 e. The van der Waals surface area contributed by atoms with Crippen LogP contribution in [0.3, 0.4) is 0 Å². The zero-order chi connectivity index (χ0) is 17.5. The van der Waals surface area contributed by atoms with Crippen LogP contribution < -0.4 is 10.9 Å². The third kappa shape index (κ3) is 3.42. The Hall–Kier alpha value is -2.37. The minimum absolute atomic E-state index is 0.0454. The van der Waals surface area contributed by atoms with Crippen LogP contribution in [-0.4, -0.2) is 21.2 Å². The van der Waals surface area contributed by atoms with Crippen molar-refractivity contribution in [2.24, 2.45) is 0 Å². The number of alkyl carbamates (subject to hydrolysis) is 1. The molecule has 0 radical (unpaired) electrons. The highest BCUT2D eigenvalue weighted by molar-refractivity contribution is 5.77. The molecule has 1 saturated carbocycles. The van der Waals surface area contributed by atoms with Crippen LogP contribution in [-0.2, 0) is 4.74 Å². The summed E-state index contributed by atoms with van der Waals surface area (Å²) in [6, 6.07) is 7.05. The zero-order valence-electron chi connectivity index (χ0n) is 14.5. The number of benzene rings is 1. The largest absolute Gasteiger partial charge is 0.444 e. The average Bonchev–Trinajstić information content (AvgIpc) is 3.29. The van der Waals surface area contributed by atoms with E-state index in [1.807, 2.05) is 45.9 Å². The number of hydrogen-bond acceptors (Lipinski definition) is 4. The summed E-state index contributed by atoms with van der Waals surface area (Å²) < 4.78 is 7.02. The Labute approximate surface area is 140 Å². The van der Waals surface area contributed by atoms with Crippen molar-refractivity contribution in [2.75, 3.05) is 0 Å². The Morgan fingerprint density at radius 3 is 2.62 bits per heavy atom. The molecule has 1 aromatic heterocycles. The van der Waals surface area contributed by atoms with Crippen LogP contribution in [0.2, 0.25) is 0 Å². The van der Waals surface area contributed by atoms with Gasteiger partial charge in [0.05, 0.1) is 16.9 Å². The number of aromatic nitrogens is 2. The molecule has 6 nitrogen and oxygen atoms in total. The lowest BCUT2D eigenvalue weighted by Crippen LogP contribution is -2.37. The Morgan fingerprint density at radius 1 is 1.33 bits per heavy atom. The van der Waals surface area contributed by atoms with Gasteiger partial charge < -0.3 is 10.1 Å². The number of para-hydroxylation sites is 1. The monoisotopic (exact) mass is 329 g/mol. The molecule has 1 aliphatic carbocycles. The highest BCUT2D eigenvalue weighted by Gasteiger charge is 2.30. The molecule has 3 rings (SSSR count). The van der Waals surface area contributed by atoms with Crippen molar-refractivity contribution in [1.29, 1.82) is 0 Å². The first-order valence-corrected chi connectivity index (χ1v) is 8.27. The van der Waals surface area contributed by atoms with E-state index in [2.05, 4.69) is 10.3 Å². The Balaban J connectivity index is 1.97. The van der Waals surface area contributed by atoms with Crippen molar-refractivity contribution >= 4 is 17.0 Å². The molecule has 24 heavy (non-hydrogen) atoms. The molecule has 0 aliphatic heterocycles. The number of carbonyl (C=O) groups excluding carboxylic acids is 1. The molecule has 1 heterocycles. The van der Waals surface area contributed by atoms with Gasteiger partial charge in [0.2, 0.25) is 0 Å². The van der Waals surface area contributed by atoms with Crippen LogP contribution in [0.15, 0.2) is 29.1 Å². The summed E-state index contributed by atoms with van der Waals surface area (Å²) in [4.78, 5) is 29.5. The van der Waals surface area contributed by atoms with E-state index in [0.717, 1.165) is 12.8 Å². The van der Waals surface area contributed by atoms with Crippen LogP contribution in [0.25, 0.3) is 10.9 Å². The Morgan fingerprint density at radius 2 is 2.00 bits per heavy atom. The predicted molar refractivity (Wildman–Crippen MR) is 92.1 cm³/mol. The number of nitrogens with zero attached hydrogens (tertiary/aromatic N) is 2. The number of amides is 1. The van der Waals surface area contributed by atoms with Crippen molar-refractivity contribution in [2.45, 2.75) is 58.2 Å². The summed E-state index contributed by atoms with van der Waals surface area (Å²) in [6.07, 6.45) is 1.41. The minimum Gasteiger partial charge on any atom is -0.444 e. The molecule has 1 atom stereocenters. The lowest BCUT2D eigenvalue weighted by Gasteiger charge is -2.23. The molecule has 0 unspecified atom stereocenters. The second-order valence-electron chi connectivity index (χ2n) is 7.26. The summed E-state index contributed by atoms with van der Waals surface area (Å²) >= 11 is 0. The molecule has 1 N–H and O–H groups in total. The van der Waals surface area contributed by atoms with E-state index in [1.54, 1.807) is 10.6 Å². The average molecular weight is 329 g/mol. The quantitative estimate of drug-likeness (QED) is 0.937. The van der Waals surface area contributed by atoms with Crippen LogP contribution in [0.5, 0.6) is 0 Å². The van der Waals surface area contributed by atoms with Crippen LogP contribution >= 0.6 is 0 Å². The van der Waals surface area contributed by atoms with Crippen molar-refractivity contribution in [3.8, 4) is 0 Å². The summed E-state index contributed by atoms with van der Waals surface area (Å²) in [7, 11) is 0. The van der Waals surface area contributed by atoms with Crippen LogP contribution in [0.4, 0.5) is 4.79 Å². The molecule has 6 heteroatoms. The van der Waals surface area contributed by atoms with Crippen molar-refractivity contribution < 1.29 is 9.53 Å². The SMILES string of the molecule is C[C@H](NC(=O)OC(C)(C)C)c1nc2ccccc2c(=O)n1C1CC1. The van der Waals surface area contributed by atoms with Gasteiger partial charge >= 0.3 is 6.09 Å². The lowest BCUT2D eigenvalue weighted by molar-refractivity contribution is 0.0504. The van der Waals surface area contributed by atoms with E-state index in [0.29, 0.717) is 16.7 Å². The van der Waals surface area contributed by atoms with Crippen LogP contribution in [0, 0.1) is 0 Å². The normalized spacial score (nSPS) is 16.0. The van der Waals surface area contributed by atoms with E-state index >= 15 is 0 Å². The fourth-order valence-corrected chi connectivity index (χ4v) is 2.70. The van der Waals surface area contributed by atoms with Gasteiger partial charge in [0, 0.05) is 6.04 Å². The fourth-order valence-electron chi connectivity index (χ4n) is 2.70. The predicted octanol–water partition coefficient (Wildman–Crippen LogP) is 3.32. The number of fused-ring (bicyclic) bond motifs is 1. The van der Waals surface area contributed by atoms with Crippen molar-refractivity contribution in [1.82, 2.24) is 14.9 Å². The van der Waals surface area contributed by atoms with Gasteiger partial charge in [-0.05, 0) is 52.7 Å². The number of rotatable bonds is 3. The first-order valence-electron chi connectivity index (χ1n) is 8.27. The maximum Gasteiger partial charge on any atom is 0.408 e. The fraction of sp³-hybridized carbons (Fsp3) is 0.500. The van der Waals surface area contributed by atoms with Gasteiger partial charge in [0.1, 0.15) is 11.4 Å². The molecule has 1 aromatic carbocycles. The van der Waals surface area contributed by atoms with Gasteiger partial charge in [0.15, 0.2) is 0 Å². The Bertz CT molecular complexity index is 831. The molecule has 2 aromatic rings. The van der Waals surface area contributed by atoms with Crippen molar-refractivity contribution in [3.05, 3.63) is 40.4 Å². The number of hydrogen-bond donors (Lipinski definition) is 1. The first kappa shape index (κ1) is 16.5. The third-order valence-corrected chi connectivity index (χ3v) is 3.87. The molecule has 1 fully saturated rings. The van der Waals surface area contributed by atoms with E-state index in [4.69, 9.17) is 4.74 Å². The van der Waals surface area contributed by atoms with Gasteiger partial charge in [-0.2, -0.15) is 0 Å². The summed E-state index contributed by atoms with van der Waals surface area (Å²) in [6.45, 7) is 7.25. The number of ether oxygens (including phenoxy) is 1. The molecular formula is C18H23N3O3. The summed E-state index contributed by atoms with van der Waals surface area (Å²) in [5.41, 5.74) is 0.0275. The molecule has 1 aliphatic rings. The topological polar surface area (TPSA) is 73.2 Å². The Kier molecular flexibility index (Phi) is 4.07.